The molecule has 0 spiro atoms. The van der Waals surface area contributed by atoms with E-state index < -0.39 is 0 Å². The van der Waals surface area contributed by atoms with Crippen LogP contribution in [0.15, 0.2) is 91.0 Å². The highest BCUT2D eigenvalue weighted by atomic mass is 16.5. The predicted octanol–water partition coefficient (Wildman–Crippen LogP) is 5.77. The van der Waals surface area contributed by atoms with E-state index in [1.165, 1.54) is 0 Å². The van der Waals surface area contributed by atoms with E-state index in [-0.39, 0.29) is 5.75 Å². The number of hydrogen-bond donors (Lipinski definition) is 1. The van der Waals surface area contributed by atoms with E-state index in [1.54, 1.807) is 32.4 Å². The summed E-state index contributed by atoms with van der Waals surface area (Å²) in [4.78, 5) is 8.58. The second-order valence-corrected chi connectivity index (χ2v) is 7.16. The number of ether oxygens (including phenoxy) is 3. The van der Waals surface area contributed by atoms with Crippen molar-refractivity contribution in [3.63, 3.8) is 0 Å². The van der Waals surface area contributed by atoms with Gasteiger partial charge in [-0.05, 0) is 29.8 Å². The van der Waals surface area contributed by atoms with Crippen LogP contribution in [0.3, 0.4) is 0 Å². The summed E-state index contributed by atoms with van der Waals surface area (Å²) < 4.78 is 16.0. The maximum atomic E-state index is 9.47. The molecule has 166 valence electrons. The second-order valence-electron chi connectivity index (χ2n) is 7.16. The summed E-state index contributed by atoms with van der Waals surface area (Å²) in [6, 6.07) is 28.7. The number of aromatic nitrogens is 2. The Kier molecular flexibility index (Phi) is 6.85. The molecule has 0 bridgehead atoms. The lowest BCUT2D eigenvalue weighted by atomic mass is 10.2. The number of methoxy groups -OCH3 is 2. The molecular weight excluding hydrogens is 416 g/mol. The highest BCUT2D eigenvalue weighted by Gasteiger charge is 2.06. The molecule has 33 heavy (non-hydrogen) atoms. The van der Waals surface area contributed by atoms with Crippen LogP contribution in [-0.4, -0.2) is 29.3 Å². The zero-order chi connectivity index (χ0) is 23.0. The molecular formula is C27H24N2O4. The van der Waals surface area contributed by atoms with Crippen LogP contribution in [0.2, 0.25) is 0 Å². The first-order valence-electron chi connectivity index (χ1n) is 10.4. The van der Waals surface area contributed by atoms with E-state index in [4.69, 9.17) is 14.2 Å². The molecule has 6 nitrogen and oxygen atoms in total. The number of phenols is 1. The van der Waals surface area contributed by atoms with Gasteiger partial charge in [0.1, 0.15) is 29.1 Å². The number of rotatable bonds is 5. The number of para-hydroxylation sites is 2. The van der Waals surface area contributed by atoms with Gasteiger partial charge < -0.3 is 19.3 Å². The van der Waals surface area contributed by atoms with E-state index in [2.05, 4.69) is 9.97 Å². The van der Waals surface area contributed by atoms with Gasteiger partial charge in [-0.3, -0.25) is 0 Å². The van der Waals surface area contributed by atoms with Crippen LogP contribution in [0.1, 0.15) is 5.56 Å². The molecule has 5 aromatic rings. The Morgan fingerprint density at radius 3 is 1.91 bits per heavy atom. The molecule has 6 heteroatoms. The molecule has 0 unspecified atom stereocenters. The van der Waals surface area contributed by atoms with E-state index in [9.17, 15) is 5.11 Å². The molecule has 0 fully saturated rings. The monoisotopic (exact) mass is 440 g/mol. The van der Waals surface area contributed by atoms with Gasteiger partial charge in [0, 0.05) is 22.9 Å². The van der Waals surface area contributed by atoms with Crippen molar-refractivity contribution in [1.82, 2.24) is 9.97 Å². The van der Waals surface area contributed by atoms with Gasteiger partial charge in [0.25, 0.3) is 0 Å². The zero-order valence-electron chi connectivity index (χ0n) is 18.4. The summed E-state index contributed by atoms with van der Waals surface area (Å²) in [5, 5.41) is 11.4. The first kappa shape index (κ1) is 21.9. The van der Waals surface area contributed by atoms with Crippen molar-refractivity contribution in [2.24, 2.45) is 0 Å². The van der Waals surface area contributed by atoms with Crippen LogP contribution < -0.4 is 14.2 Å². The fourth-order valence-corrected chi connectivity index (χ4v) is 3.29. The Morgan fingerprint density at radius 1 is 0.636 bits per heavy atom. The molecule has 3 aromatic carbocycles. The van der Waals surface area contributed by atoms with Gasteiger partial charge in [0.2, 0.25) is 11.8 Å². The molecule has 0 aliphatic rings. The third-order valence-electron chi connectivity index (χ3n) is 4.99. The maximum Gasteiger partial charge on any atom is 0.213 e. The Bertz CT molecular complexity index is 1360. The van der Waals surface area contributed by atoms with Gasteiger partial charge in [0.15, 0.2) is 0 Å². The van der Waals surface area contributed by atoms with Crippen molar-refractivity contribution in [3.05, 3.63) is 96.6 Å². The minimum atomic E-state index is 0.177. The van der Waals surface area contributed by atoms with Crippen LogP contribution in [0.25, 0.3) is 21.8 Å². The van der Waals surface area contributed by atoms with Crippen molar-refractivity contribution >= 4 is 21.8 Å². The van der Waals surface area contributed by atoms with Crippen molar-refractivity contribution < 1.29 is 19.3 Å². The third kappa shape index (κ3) is 5.30. The molecule has 2 heterocycles. The number of benzene rings is 3. The number of hydrogen-bond acceptors (Lipinski definition) is 6. The molecule has 0 atom stereocenters. The average Bonchev–Trinajstić information content (AvgIpc) is 2.88. The van der Waals surface area contributed by atoms with E-state index in [0.717, 1.165) is 27.6 Å². The van der Waals surface area contributed by atoms with Gasteiger partial charge in [0.05, 0.1) is 14.2 Å². The van der Waals surface area contributed by atoms with Gasteiger partial charge in [-0.1, -0.05) is 54.6 Å². The van der Waals surface area contributed by atoms with Crippen LogP contribution in [0, 0.1) is 0 Å². The highest BCUT2D eigenvalue weighted by molar-refractivity contribution is 5.85. The van der Waals surface area contributed by atoms with Gasteiger partial charge in [-0.2, -0.15) is 0 Å². The van der Waals surface area contributed by atoms with Crippen molar-refractivity contribution in [3.8, 4) is 23.3 Å². The summed E-state index contributed by atoms with van der Waals surface area (Å²) in [6.45, 7) is 0.527. The summed E-state index contributed by atoms with van der Waals surface area (Å²) in [7, 11) is 3.16. The molecule has 0 amide bonds. The summed E-state index contributed by atoms with van der Waals surface area (Å²) in [5.41, 5.74) is 2.53. The standard InChI is InChI=1S/C17H15NO2.C10H9NO2/c1-19-16-11-10-14-8-5-9-15(17(14)18-16)20-12-13-6-3-2-4-7-13;1-13-9-6-5-7-3-2-4-8(12)10(7)11-9/h2-11H,12H2,1H3;2-6,12H,1H3. The van der Waals surface area contributed by atoms with Crippen molar-refractivity contribution in [1.29, 1.82) is 0 Å². The summed E-state index contributed by atoms with van der Waals surface area (Å²) in [5.74, 6) is 2.05. The van der Waals surface area contributed by atoms with Gasteiger partial charge >= 0.3 is 0 Å². The molecule has 2 aromatic heterocycles. The van der Waals surface area contributed by atoms with Crippen LogP contribution in [0.5, 0.6) is 23.3 Å². The largest absolute Gasteiger partial charge is 0.506 e. The first-order valence-corrected chi connectivity index (χ1v) is 10.4. The SMILES string of the molecule is COc1ccc2cccc(O)c2n1.COc1ccc2cccc(OCc3ccccc3)c2n1. The lowest BCUT2D eigenvalue weighted by Gasteiger charge is -2.09. The highest BCUT2D eigenvalue weighted by Crippen LogP contribution is 2.27. The molecule has 0 aliphatic carbocycles. The van der Waals surface area contributed by atoms with Crippen LogP contribution >= 0.6 is 0 Å². The molecule has 1 N–H and O–H groups in total. The normalized spacial score (nSPS) is 10.4. The fraction of sp³-hybridized carbons (Fsp3) is 0.111. The maximum absolute atomic E-state index is 9.47. The van der Waals surface area contributed by atoms with Crippen LogP contribution in [0.4, 0.5) is 0 Å². The van der Waals surface area contributed by atoms with E-state index in [0.29, 0.717) is 23.9 Å². The van der Waals surface area contributed by atoms with Crippen molar-refractivity contribution in [2.45, 2.75) is 6.61 Å². The molecule has 0 saturated heterocycles. The average molecular weight is 440 g/mol. The minimum Gasteiger partial charge on any atom is -0.506 e. The fourth-order valence-electron chi connectivity index (χ4n) is 3.29. The Hall–Kier alpha value is -4.32. The number of aromatic hydroxyl groups is 1. The lowest BCUT2D eigenvalue weighted by Crippen LogP contribution is -1.97. The number of fused-ring (bicyclic) bond motifs is 2. The van der Waals surface area contributed by atoms with Crippen LogP contribution in [-0.2, 0) is 6.61 Å². The number of nitrogens with zero attached hydrogens (tertiary/aromatic N) is 2. The van der Waals surface area contributed by atoms with Gasteiger partial charge in [-0.25, -0.2) is 9.97 Å². The number of phenolic OH excluding ortho intramolecular Hbond substituents is 1. The molecule has 5 rings (SSSR count). The number of pyridine rings is 2. The Morgan fingerprint density at radius 2 is 1.24 bits per heavy atom. The topological polar surface area (TPSA) is 73.7 Å². The summed E-state index contributed by atoms with van der Waals surface area (Å²) >= 11 is 0. The lowest BCUT2D eigenvalue weighted by molar-refractivity contribution is 0.309. The smallest absolute Gasteiger partial charge is 0.213 e. The predicted molar refractivity (Wildman–Crippen MR) is 129 cm³/mol. The Labute approximate surface area is 192 Å². The molecule has 0 saturated carbocycles. The first-order chi connectivity index (χ1) is 16.2. The van der Waals surface area contributed by atoms with Crippen molar-refractivity contribution in [2.75, 3.05) is 14.2 Å². The van der Waals surface area contributed by atoms with E-state index in [1.807, 2.05) is 72.8 Å². The molecule has 0 radical (unpaired) electrons. The minimum absolute atomic E-state index is 0.177. The molecule has 0 aliphatic heterocycles. The summed E-state index contributed by atoms with van der Waals surface area (Å²) in [6.07, 6.45) is 0. The van der Waals surface area contributed by atoms with Gasteiger partial charge in [-0.15, -0.1) is 0 Å². The Balaban J connectivity index is 0.000000172. The third-order valence-corrected chi connectivity index (χ3v) is 4.99. The zero-order valence-corrected chi connectivity index (χ0v) is 18.4. The van der Waals surface area contributed by atoms with E-state index >= 15 is 0 Å². The second kappa shape index (κ2) is 10.3. The quantitative estimate of drug-likeness (QED) is 0.374.